The molecule has 29 heavy (non-hydrogen) atoms. The van der Waals surface area contributed by atoms with Crippen molar-refractivity contribution >= 4 is 75.6 Å². The number of halogens is 4. The second-order valence-electron chi connectivity index (χ2n) is 5.86. The van der Waals surface area contributed by atoms with Crippen molar-refractivity contribution in [2.24, 2.45) is 0 Å². The fourth-order valence-electron chi connectivity index (χ4n) is 2.19. The molecule has 6 nitrogen and oxygen atoms in total. The van der Waals surface area contributed by atoms with E-state index in [1.807, 2.05) is 0 Å². The Morgan fingerprint density at radius 3 is 2.24 bits per heavy atom. The molecule has 0 heterocycles. The van der Waals surface area contributed by atoms with Gasteiger partial charge < -0.3 is 15.4 Å². The first kappa shape index (κ1) is 23.3. The van der Waals surface area contributed by atoms with Crippen molar-refractivity contribution in [1.29, 1.82) is 0 Å². The standard InChI is InChI=1S/C19H16Cl4N2O4/c20-11-4-6-14(22)16(8-11)25-18(27)10-29-19(28)3-1-2-17(26)24-12-5-7-13(21)15(23)9-12/h4-9H,1-3,10H2,(H,24,26)(H,25,27). The van der Waals surface area contributed by atoms with E-state index in [1.54, 1.807) is 18.2 Å². The number of nitrogens with one attached hydrogen (secondary N) is 2. The van der Waals surface area contributed by atoms with Gasteiger partial charge >= 0.3 is 5.97 Å². The van der Waals surface area contributed by atoms with Crippen LogP contribution in [-0.4, -0.2) is 24.4 Å². The van der Waals surface area contributed by atoms with Crippen LogP contribution in [-0.2, 0) is 19.1 Å². The van der Waals surface area contributed by atoms with Crippen LogP contribution in [0.3, 0.4) is 0 Å². The predicted molar refractivity (Wildman–Crippen MR) is 115 cm³/mol. The Hall–Kier alpha value is -1.99. The molecule has 0 radical (unpaired) electrons. The van der Waals surface area contributed by atoms with Crippen LogP contribution in [0.4, 0.5) is 11.4 Å². The molecule has 154 valence electrons. The molecule has 0 saturated carbocycles. The van der Waals surface area contributed by atoms with Gasteiger partial charge in [-0.25, -0.2) is 0 Å². The topological polar surface area (TPSA) is 84.5 Å². The van der Waals surface area contributed by atoms with Gasteiger partial charge in [0, 0.05) is 23.6 Å². The van der Waals surface area contributed by atoms with Gasteiger partial charge in [-0.1, -0.05) is 46.4 Å². The largest absolute Gasteiger partial charge is 0.456 e. The minimum atomic E-state index is -0.598. The number of amides is 2. The molecule has 0 bridgehead atoms. The second kappa shape index (κ2) is 11.3. The molecule has 0 unspecified atom stereocenters. The first-order chi connectivity index (χ1) is 13.7. The number of hydrogen-bond donors (Lipinski definition) is 2. The molecular weight excluding hydrogens is 462 g/mol. The van der Waals surface area contributed by atoms with Gasteiger partial charge in [0.15, 0.2) is 6.61 Å². The summed E-state index contributed by atoms with van der Waals surface area (Å²) < 4.78 is 4.88. The summed E-state index contributed by atoms with van der Waals surface area (Å²) in [6.07, 6.45) is 0.341. The van der Waals surface area contributed by atoms with Gasteiger partial charge in [-0.15, -0.1) is 0 Å². The number of esters is 1. The molecule has 2 amide bonds. The van der Waals surface area contributed by atoms with Crippen LogP contribution in [0.15, 0.2) is 36.4 Å². The van der Waals surface area contributed by atoms with Crippen molar-refractivity contribution in [3.63, 3.8) is 0 Å². The van der Waals surface area contributed by atoms with Gasteiger partial charge in [0.05, 0.1) is 20.8 Å². The number of carbonyl (C=O) groups is 3. The monoisotopic (exact) mass is 476 g/mol. The zero-order valence-corrected chi connectivity index (χ0v) is 18.0. The SMILES string of the molecule is O=C(CCCC(=O)OCC(=O)Nc1cc(Cl)ccc1Cl)Nc1ccc(Cl)c(Cl)c1. The Balaban J connectivity index is 1.67. The van der Waals surface area contributed by atoms with E-state index < -0.39 is 18.5 Å². The second-order valence-corrected chi connectivity index (χ2v) is 7.52. The number of ether oxygens (including phenoxy) is 1. The first-order valence-corrected chi connectivity index (χ1v) is 9.91. The summed E-state index contributed by atoms with van der Waals surface area (Å²) in [5.41, 5.74) is 0.822. The fourth-order valence-corrected chi connectivity index (χ4v) is 2.82. The van der Waals surface area contributed by atoms with Crippen LogP contribution < -0.4 is 10.6 Å². The van der Waals surface area contributed by atoms with Crippen LogP contribution in [0.25, 0.3) is 0 Å². The third kappa shape index (κ3) is 8.11. The summed E-state index contributed by atoms with van der Waals surface area (Å²) in [7, 11) is 0. The number of carbonyl (C=O) groups excluding carboxylic acids is 3. The Bertz CT molecular complexity index is 921. The van der Waals surface area contributed by atoms with Crippen LogP contribution in [0.2, 0.25) is 20.1 Å². The lowest BCUT2D eigenvalue weighted by Crippen LogP contribution is -2.21. The highest BCUT2D eigenvalue weighted by molar-refractivity contribution is 6.42. The van der Waals surface area contributed by atoms with E-state index in [1.165, 1.54) is 18.2 Å². The fraction of sp³-hybridized carbons (Fsp3) is 0.211. The minimum absolute atomic E-state index is 0.0139. The van der Waals surface area contributed by atoms with Crippen molar-refractivity contribution in [1.82, 2.24) is 0 Å². The smallest absolute Gasteiger partial charge is 0.306 e. The summed E-state index contributed by atoms with van der Waals surface area (Å²) in [6.45, 7) is -0.475. The molecular formula is C19H16Cl4N2O4. The molecule has 0 aliphatic rings. The molecule has 0 spiro atoms. The van der Waals surface area contributed by atoms with Gasteiger partial charge in [-0.05, 0) is 42.8 Å². The Labute approximate surface area is 187 Å². The lowest BCUT2D eigenvalue weighted by Gasteiger charge is -2.09. The molecule has 0 atom stereocenters. The Morgan fingerprint density at radius 1 is 0.793 bits per heavy atom. The molecule has 0 aromatic heterocycles. The summed E-state index contributed by atoms with van der Waals surface area (Å²) in [5.74, 6) is -1.44. The number of anilines is 2. The van der Waals surface area contributed by atoms with Crippen molar-refractivity contribution in [3.8, 4) is 0 Å². The van der Waals surface area contributed by atoms with Crippen molar-refractivity contribution in [2.75, 3.05) is 17.2 Å². The van der Waals surface area contributed by atoms with Crippen LogP contribution in [0, 0.1) is 0 Å². The first-order valence-electron chi connectivity index (χ1n) is 8.40. The molecule has 2 rings (SSSR count). The van der Waals surface area contributed by atoms with E-state index in [2.05, 4.69) is 10.6 Å². The summed E-state index contributed by atoms with van der Waals surface area (Å²) >= 11 is 23.5. The maximum atomic E-state index is 11.9. The zero-order valence-electron chi connectivity index (χ0n) is 14.9. The van der Waals surface area contributed by atoms with E-state index in [9.17, 15) is 14.4 Å². The van der Waals surface area contributed by atoms with Gasteiger partial charge in [-0.3, -0.25) is 14.4 Å². The minimum Gasteiger partial charge on any atom is -0.456 e. The summed E-state index contributed by atoms with van der Waals surface area (Å²) in [4.78, 5) is 35.5. The molecule has 2 aromatic rings. The average molecular weight is 478 g/mol. The number of rotatable bonds is 8. The molecule has 0 aliphatic heterocycles. The summed E-state index contributed by atoms with van der Waals surface area (Å²) in [5, 5.41) is 6.57. The molecule has 2 aromatic carbocycles. The highest BCUT2D eigenvalue weighted by Gasteiger charge is 2.11. The Morgan fingerprint density at radius 2 is 1.52 bits per heavy atom. The quantitative estimate of drug-likeness (QED) is 0.485. The average Bonchev–Trinajstić information content (AvgIpc) is 2.66. The molecule has 0 saturated heterocycles. The molecule has 10 heteroatoms. The third-order valence-corrected chi connectivity index (χ3v) is 4.86. The van der Waals surface area contributed by atoms with Crippen LogP contribution in [0.1, 0.15) is 19.3 Å². The van der Waals surface area contributed by atoms with Crippen LogP contribution in [0.5, 0.6) is 0 Å². The van der Waals surface area contributed by atoms with Crippen molar-refractivity contribution in [3.05, 3.63) is 56.5 Å². The normalized spacial score (nSPS) is 10.3. The molecule has 0 aliphatic carbocycles. The zero-order chi connectivity index (χ0) is 21.4. The van der Waals surface area contributed by atoms with E-state index in [0.29, 0.717) is 31.5 Å². The van der Waals surface area contributed by atoms with Gasteiger partial charge in [0.25, 0.3) is 5.91 Å². The van der Waals surface area contributed by atoms with Crippen molar-refractivity contribution < 1.29 is 19.1 Å². The predicted octanol–water partition coefficient (Wildman–Crippen LogP) is 5.59. The van der Waals surface area contributed by atoms with E-state index in [-0.39, 0.29) is 25.2 Å². The van der Waals surface area contributed by atoms with Gasteiger partial charge in [0.1, 0.15) is 0 Å². The van der Waals surface area contributed by atoms with Crippen LogP contribution >= 0.6 is 46.4 Å². The molecule has 0 fully saturated rings. The number of hydrogen-bond acceptors (Lipinski definition) is 4. The lowest BCUT2D eigenvalue weighted by atomic mass is 10.2. The van der Waals surface area contributed by atoms with Gasteiger partial charge in [-0.2, -0.15) is 0 Å². The van der Waals surface area contributed by atoms with E-state index in [4.69, 9.17) is 51.1 Å². The molecule has 2 N–H and O–H groups in total. The maximum absolute atomic E-state index is 11.9. The van der Waals surface area contributed by atoms with E-state index in [0.717, 1.165) is 0 Å². The summed E-state index contributed by atoms with van der Waals surface area (Å²) in [6, 6.07) is 9.31. The lowest BCUT2D eigenvalue weighted by molar-refractivity contribution is -0.147. The highest BCUT2D eigenvalue weighted by atomic mass is 35.5. The third-order valence-electron chi connectivity index (χ3n) is 3.55. The van der Waals surface area contributed by atoms with E-state index >= 15 is 0 Å². The Kier molecular flexibility index (Phi) is 9.04. The van der Waals surface area contributed by atoms with Gasteiger partial charge in [0.2, 0.25) is 5.91 Å². The van der Waals surface area contributed by atoms with Crippen molar-refractivity contribution in [2.45, 2.75) is 19.3 Å². The number of benzene rings is 2. The maximum Gasteiger partial charge on any atom is 0.306 e. The highest BCUT2D eigenvalue weighted by Crippen LogP contribution is 2.26.